The van der Waals surface area contributed by atoms with Gasteiger partial charge in [0, 0.05) is 37.8 Å². The maximum absolute atomic E-state index is 11.9. The quantitative estimate of drug-likeness (QED) is 0.864. The molecular weight excluding hydrogens is 250 g/mol. The highest BCUT2D eigenvalue weighted by Gasteiger charge is 2.17. The van der Waals surface area contributed by atoms with Crippen LogP contribution < -0.4 is 10.6 Å². The average Bonchev–Trinajstić information content (AvgIpc) is 2.41. The summed E-state index contributed by atoms with van der Waals surface area (Å²) in [6.45, 7) is 8.46. The summed E-state index contributed by atoms with van der Waals surface area (Å²) in [6.07, 6.45) is 1.51. The number of anilines is 1. The van der Waals surface area contributed by atoms with Crippen LogP contribution in [0.4, 0.5) is 5.69 Å². The summed E-state index contributed by atoms with van der Waals surface area (Å²) in [5.41, 5.74) is 2.06. The summed E-state index contributed by atoms with van der Waals surface area (Å²) in [5, 5.41) is 6.34. The zero-order valence-corrected chi connectivity index (χ0v) is 12.5. The number of nitrogens with zero attached hydrogens (tertiary/aromatic N) is 1. The summed E-state index contributed by atoms with van der Waals surface area (Å²) in [4.78, 5) is 14.4. The average molecular weight is 275 g/mol. The van der Waals surface area contributed by atoms with Gasteiger partial charge in [0.05, 0.1) is 0 Å². The minimum Gasteiger partial charge on any atom is -0.326 e. The first-order chi connectivity index (χ1) is 9.65. The van der Waals surface area contributed by atoms with Gasteiger partial charge in [0.2, 0.25) is 5.91 Å². The third-order valence-electron chi connectivity index (χ3n) is 3.79. The highest BCUT2D eigenvalue weighted by atomic mass is 16.1. The van der Waals surface area contributed by atoms with Gasteiger partial charge in [-0.25, -0.2) is 0 Å². The number of piperazine rings is 1. The Morgan fingerprint density at radius 3 is 3.10 bits per heavy atom. The topological polar surface area (TPSA) is 44.4 Å². The van der Waals surface area contributed by atoms with Gasteiger partial charge in [0.1, 0.15) is 0 Å². The molecule has 1 aromatic rings. The van der Waals surface area contributed by atoms with Crippen molar-refractivity contribution in [1.82, 2.24) is 10.2 Å². The van der Waals surface area contributed by atoms with Gasteiger partial charge in [0.15, 0.2) is 0 Å². The van der Waals surface area contributed by atoms with Crippen molar-refractivity contribution in [1.29, 1.82) is 0 Å². The molecule has 4 nitrogen and oxygen atoms in total. The van der Waals surface area contributed by atoms with E-state index < -0.39 is 0 Å². The molecule has 1 aromatic carbocycles. The first-order valence-electron chi connectivity index (χ1n) is 7.46. The smallest absolute Gasteiger partial charge is 0.224 e. The lowest BCUT2D eigenvalue weighted by atomic mass is 10.2. The Bertz CT molecular complexity index is 447. The van der Waals surface area contributed by atoms with E-state index in [1.165, 1.54) is 0 Å². The molecule has 1 aliphatic rings. The fourth-order valence-corrected chi connectivity index (χ4v) is 2.60. The van der Waals surface area contributed by atoms with E-state index in [0.717, 1.165) is 43.9 Å². The summed E-state index contributed by atoms with van der Waals surface area (Å²) in [7, 11) is 0. The van der Waals surface area contributed by atoms with E-state index in [0.29, 0.717) is 12.5 Å². The lowest BCUT2D eigenvalue weighted by Crippen LogP contribution is -2.49. The first kappa shape index (κ1) is 15.0. The summed E-state index contributed by atoms with van der Waals surface area (Å²) >= 11 is 0. The highest BCUT2D eigenvalue weighted by molar-refractivity contribution is 5.90. The molecular formula is C16H25N3O. The lowest BCUT2D eigenvalue weighted by Gasteiger charge is -2.33. The van der Waals surface area contributed by atoms with Gasteiger partial charge in [-0.1, -0.05) is 12.1 Å². The molecule has 0 aromatic heterocycles. The second-order valence-electron chi connectivity index (χ2n) is 5.61. The fraction of sp³-hybridized carbons (Fsp3) is 0.562. The Hall–Kier alpha value is -1.39. The molecule has 0 saturated carbocycles. The number of hydrogen-bond acceptors (Lipinski definition) is 3. The van der Waals surface area contributed by atoms with Crippen molar-refractivity contribution in [3.63, 3.8) is 0 Å². The zero-order chi connectivity index (χ0) is 14.4. The van der Waals surface area contributed by atoms with Crippen LogP contribution in [0.1, 0.15) is 25.3 Å². The Labute approximate surface area is 121 Å². The van der Waals surface area contributed by atoms with Gasteiger partial charge < -0.3 is 10.6 Å². The fourth-order valence-electron chi connectivity index (χ4n) is 2.60. The molecule has 2 rings (SSSR count). The summed E-state index contributed by atoms with van der Waals surface area (Å²) in [6, 6.07) is 8.50. The third-order valence-corrected chi connectivity index (χ3v) is 3.79. The molecule has 110 valence electrons. The number of carbonyl (C=O) groups is 1. The van der Waals surface area contributed by atoms with Gasteiger partial charge in [0.25, 0.3) is 0 Å². The summed E-state index contributed by atoms with van der Waals surface area (Å²) < 4.78 is 0. The van der Waals surface area contributed by atoms with Gasteiger partial charge in [-0.2, -0.15) is 0 Å². The number of carbonyl (C=O) groups excluding carboxylic acids is 1. The number of rotatable bonds is 5. The SMILES string of the molecule is Cc1cccc(NC(=O)CCCN2CCNCC2C)c1. The van der Waals surface area contributed by atoms with Crippen molar-refractivity contribution in [2.75, 3.05) is 31.5 Å². The van der Waals surface area contributed by atoms with Crippen molar-refractivity contribution in [3.05, 3.63) is 29.8 Å². The predicted octanol–water partition coefficient (Wildman–Crippen LogP) is 2.01. The van der Waals surface area contributed by atoms with Gasteiger partial charge in [-0.15, -0.1) is 0 Å². The molecule has 1 fully saturated rings. The molecule has 1 atom stereocenters. The highest BCUT2D eigenvalue weighted by Crippen LogP contribution is 2.10. The number of amides is 1. The normalized spacial score (nSPS) is 19.8. The van der Waals surface area contributed by atoms with Crippen LogP contribution in [0.3, 0.4) is 0 Å². The Balaban J connectivity index is 1.70. The standard InChI is InChI=1S/C16H25N3O/c1-13-5-3-6-15(11-13)18-16(20)7-4-9-19-10-8-17-12-14(19)2/h3,5-6,11,14,17H,4,7-10,12H2,1-2H3,(H,18,20). The number of nitrogens with one attached hydrogen (secondary N) is 2. The minimum atomic E-state index is 0.110. The molecule has 1 aliphatic heterocycles. The molecule has 0 bridgehead atoms. The molecule has 1 saturated heterocycles. The molecule has 4 heteroatoms. The predicted molar refractivity (Wildman–Crippen MR) is 82.9 cm³/mol. The Morgan fingerprint density at radius 2 is 2.35 bits per heavy atom. The minimum absolute atomic E-state index is 0.110. The van der Waals surface area contributed by atoms with Crippen molar-refractivity contribution in [2.45, 2.75) is 32.7 Å². The molecule has 0 aliphatic carbocycles. The largest absolute Gasteiger partial charge is 0.326 e. The van der Waals surface area contributed by atoms with E-state index >= 15 is 0 Å². The van der Waals surface area contributed by atoms with Crippen LogP contribution in [0.15, 0.2) is 24.3 Å². The second-order valence-corrected chi connectivity index (χ2v) is 5.61. The van der Waals surface area contributed by atoms with Crippen LogP contribution >= 0.6 is 0 Å². The molecule has 1 amide bonds. The maximum atomic E-state index is 11.9. The molecule has 0 spiro atoms. The van der Waals surface area contributed by atoms with Crippen LogP contribution in [-0.2, 0) is 4.79 Å². The van der Waals surface area contributed by atoms with E-state index in [9.17, 15) is 4.79 Å². The third kappa shape index (κ3) is 4.62. The molecule has 20 heavy (non-hydrogen) atoms. The van der Waals surface area contributed by atoms with Gasteiger partial charge in [-0.05, 0) is 44.5 Å². The number of benzene rings is 1. The first-order valence-corrected chi connectivity index (χ1v) is 7.46. The zero-order valence-electron chi connectivity index (χ0n) is 12.5. The van der Waals surface area contributed by atoms with E-state index in [4.69, 9.17) is 0 Å². The van der Waals surface area contributed by atoms with Crippen LogP contribution in [0.2, 0.25) is 0 Å². The van der Waals surface area contributed by atoms with Crippen molar-refractivity contribution in [2.24, 2.45) is 0 Å². The van der Waals surface area contributed by atoms with Gasteiger partial charge in [-0.3, -0.25) is 9.69 Å². The molecule has 2 N–H and O–H groups in total. The molecule has 1 heterocycles. The van der Waals surface area contributed by atoms with E-state index in [-0.39, 0.29) is 5.91 Å². The Morgan fingerprint density at radius 1 is 1.50 bits per heavy atom. The monoisotopic (exact) mass is 275 g/mol. The van der Waals surface area contributed by atoms with E-state index in [2.05, 4.69) is 22.5 Å². The summed E-state index contributed by atoms with van der Waals surface area (Å²) in [5.74, 6) is 0.110. The molecule has 1 unspecified atom stereocenters. The van der Waals surface area contributed by atoms with Crippen molar-refractivity contribution in [3.8, 4) is 0 Å². The van der Waals surface area contributed by atoms with Crippen LogP contribution in [0.25, 0.3) is 0 Å². The number of aryl methyl sites for hydroxylation is 1. The molecule has 0 radical (unpaired) electrons. The Kier molecular flexibility index (Phi) is 5.56. The maximum Gasteiger partial charge on any atom is 0.224 e. The van der Waals surface area contributed by atoms with Crippen molar-refractivity contribution < 1.29 is 4.79 Å². The van der Waals surface area contributed by atoms with Crippen LogP contribution in [0, 0.1) is 6.92 Å². The van der Waals surface area contributed by atoms with Crippen LogP contribution in [0.5, 0.6) is 0 Å². The van der Waals surface area contributed by atoms with Crippen molar-refractivity contribution >= 4 is 11.6 Å². The van der Waals surface area contributed by atoms with E-state index in [1.807, 2.05) is 31.2 Å². The second kappa shape index (κ2) is 7.41. The number of hydrogen-bond donors (Lipinski definition) is 2. The van der Waals surface area contributed by atoms with Crippen LogP contribution in [-0.4, -0.2) is 43.0 Å². The van der Waals surface area contributed by atoms with Gasteiger partial charge >= 0.3 is 0 Å². The van der Waals surface area contributed by atoms with E-state index in [1.54, 1.807) is 0 Å². The lowest BCUT2D eigenvalue weighted by molar-refractivity contribution is -0.116.